The molecule has 34 heavy (non-hydrogen) atoms. The van der Waals surface area contributed by atoms with Crippen LogP contribution >= 0.6 is 0 Å². The van der Waals surface area contributed by atoms with Crippen molar-refractivity contribution in [2.45, 2.75) is 31.6 Å². The quantitative estimate of drug-likeness (QED) is 0.669. The molecule has 1 aliphatic carbocycles. The molecule has 2 aromatic rings. The number of nitrogens with zero attached hydrogens (tertiary/aromatic N) is 5. The Kier molecular flexibility index (Phi) is 6.84. The fourth-order valence-electron chi connectivity index (χ4n) is 4.13. The SMILES string of the molecule is CN(C)c1cc(NC2(C)C=CC(C(F)(F)F)=CC2)nc(N2CCN(Cc3ccccc3)CC2)n1. The third-order valence-electron chi connectivity index (χ3n) is 6.18. The Morgan fingerprint density at radius 2 is 1.76 bits per heavy atom. The lowest BCUT2D eigenvalue weighted by Gasteiger charge is -2.35. The Morgan fingerprint density at radius 3 is 2.35 bits per heavy atom. The molecule has 2 heterocycles. The minimum absolute atomic E-state index is 0.215. The number of halogens is 3. The van der Waals surface area contributed by atoms with Crippen molar-refractivity contribution in [3.63, 3.8) is 0 Å². The van der Waals surface area contributed by atoms with E-state index in [1.54, 1.807) is 6.08 Å². The van der Waals surface area contributed by atoms with Crippen molar-refractivity contribution < 1.29 is 13.2 Å². The Morgan fingerprint density at radius 1 is 1.06 bits per heavy atom. The van der Waals surface area contributed by atoms with E-state index >= 15 is 0 Å². The first-order valence-electron chi connectivity index (χ1n) is 11.4. The van der Waals surface area contributed by atoms with Crippen LogP contribution in [0.3, 0.4) is 0 Å². The summed E-state index contributed by atoms with van der Waals surface area (Å²) in [6, 6.07) is 12.3. The van der Waals surface area contributed by atoms with Gasteiger partial charge in [0, 0.05) is 52.9 Å². The molecule has 1 saturated heterocycles. The average molecular weight is 473 g/mol. The molecule has 4 rings (SSSR count). The second kappa shape index (κ2) is 9.66. The molecule has 0 amide bonds. The maximum absolute atomic E-state index is 13.0. The molecule has 182 valence electrons. The molecule has 1 N–H and O–H groups in total. The number of aromatic nitrogens is 2. The van der Waals surface area contributed by atoms with Gasteiger partial charge in [0.1, 0.15) is 11.6 Å². The summed E-state index contributed by atoms with van der Waals surface area (Å²) in [4.78, 5) is 16.0. The molecular weight excluding hydrogens is 441 g/mol. The highest BCUT2D eigenvalue weighted by molar-refractivity contribution is 5.56. The highest BCUT2D eigenvalue weighted by Crippen LogP contribution is 2.34. The van der Waals surface area contributed by atoms with E-state index in [0.29, 0.717) is 11.8 Å². The molecule has 0 bridgehead atoms. The number of anilines is 3. The van der Waals surface area contributed by atoms with E-state index in [9.17, 15) is 13.2 Å². The first kappa shape index (κ1) is 24.1. The number of hydrogen-bond acceptors (Lipinski definition) is 6. The van der Waals surface area contributed by atoms with Crippen molar-refractivity contribution in [3.8, 4) is 0 Å². The molecule has 1 unspecified atom stereocenters. The highest BCUT2D eigenvalue weighted by atomic mass is 19.4. The van der Waals surface area contributed by atoms with E-state index in [-0.39, 0.29) is 6.42 Å². The minimum atomic E-state index is -4.33. The largest absolute Gasteiger partial charge is 0.416 e. The molecule has 1 fully saturated rings. The predicted molar refractivity (Wildman–Crippen MR) is 130 cm³/mol. The van der Waals surface area contributed by atoms with E-state index in [4.69, 9.17) is 9.97 Å². The molecule has 6 nitrogen and oxygen atoms in total. The van der Waals surface area contributed by atoms with Gasteiger partial charge in [0.2, 0.25) is 5.95 Å². The zero-order valence-corrected chi connectivity index (χ0v) is 19.8. The lowest BCUT2D eigenvalue weighted by Crippen LogP contribution is -2.46. The summed E-state index contributed by atoms with van der Waals surface area (Å²) in [7, 11) is 3.82. The molecular formula is C25H31F3N6. The lowest BCUT2D eigenvalue weighted by molar-refractivity contribution is -0.0887. The molecule has 9 heteroatoms. The van der Waals surface area contributed by atoms with Crippen LogP contribution in [0.5, 0.6) is 0 Å². The first-order chi connectivity index (χ1) is 16.1. The van der Waals surface area contributed by atoms with Gasteiger partial charge in [0.05, 0.1) is 11.1 Å². The minimum Gasteiger partial charge on any atom is -0.363 e. The molecule has 2 aliphatic rings. The van der Waals surface area contributed by atoms with Gasteiger partial charge in [-0.1, -0.05) is 48.6 Å². The van der Waals surface area contributed by atoms with E-state index in [2.05, 4.69) is 39.4 Å². The number of nitrogens with one attached hydrogen (secondary N) is 1. The number of piperazine rings is 1. The molecule has 1 aromatic carbocycles. The maximum atomic E-state index is 13.0. The van der Waals surface area contributed by atoms with E-state index < -0.39 is 17.3 Å². The number of rotatable bonds is 6. The number of alkyl halides is 3. The smallest absolute Gasteiger partial charge is 0.363 e. The predicted octanol–water partition coefficient (Wildman–Crippen LogP) is 4.48. The third-order valence-corrected chi connectivity index (χ3v) is 6.18. The van der Waals surface area contributed by atoms with Crippen LogP contribution in [-0.4, -0.2) is 66.9 Å². The van der Waals surface area contributed by atoms with E-state index in [0.717, 1.165) is 44.6 Å². The monoisotopic (exact) mass is 472 g/mol. The standard InChI is InChI=1S/C25H31F3N6/c1-24(11-9-20(10-12-24)25(26,27)28)31-21-17-22(32(2)3)30-23(29-21)34-15-13-33(14-16-34)18-19-7-5-4-6-8-19/h4-11,17H,12-16,18H2,1-3H3,(H,29,30,31). The van der Waals surface area contributed by atoms with Crippen LogP contribution in [0.2, 0.25) is 0 Å². The van der Waals surface area contributed by atoms with Crippen molar-refractivity contribution >= 4 is 17.6 Å². The second-order valence-corrected chi connectivity index (χ2v) is 9.29. The van der Waals surface area contributed by atoms with Crippen molar-refractivity contribution in [3.05, 3.63) is 65.8 Å². The lowest BCUT2D eigenvalue weighted by atomic mass is 9.90. The fraction of sp³-hybridized carbons (Fsp3) is 0.440. The zero-order chi connectivity index (χ0) is 24.3. The van der Waals surface area contributed by atoms with Gasteiger partial charge in [-0.25, -0.2) is 0 Å². The molecule has 1 aliphatic heterocycles. The van der Waals surface area contributed by atoms with Crippen LogP contribution in [0.1, 0.15) is 18.9 Å². The van der Waals surface area contributed by atoms with Crippen LogP contribution in [0.25, 0.3) is 0 Å². The van der Waals surface area contributed by atoms with Crippen LogP contribution in [0.15, 0.2) is 60.2 Å². The average Bonchev–Trinajstić information content (AvgIpc) is 2.79. The molecule has 0 radical (unpaired) electrons. The van der Waals surface area contributed by atoms with Gasteiger partial charge in [-0.2, -0.15) is 23.1 Å². The topological polar surface area (TPSA) is 47.5 Å². The molecule has 1 aromatic heterocycles. The van der Waals surface area contributed by atoms with Crippen LogP contribution in [0.4, 0.5) is 30.8 Å². The third kappa shape index (κ3) is 5.88. The number of benzene rings is 1. The Hall–Kier alpha value is -3.07. The summed E-state index contributed by atoms with van der Waals surface area (Å²) in [5, 5.41) is 3.33. The van der Waals surface area contributed by atoms with Gasteiger partial charge in [0.15, 0.2) is 0 Å². The second-order valence-electron chi connectivity index (χ2n) is 9.29. The van der Waals surface area contributed by atoms with Gasteiger partial charge in [-0.05, 0) is 18.9 Å². The van der Waals surface area contributed by atoms with Gasteiger partial charge < -0.3 is 15.1 Å². The van der Waals surface area contributed by atoms with Crippen molar-refractivity contribution in [2.75, 3.05) is 55.4 Å². The highest BCUT2D eigenvalue weighted by Gasteiger charge is 2.35. The Labute approximate surface area is 198 Å². The molecule has 1 atom stereocenters. The summed E-state index contributed by atoms with van der Waals surface area (Å²) in [5.74, 6) is 1.97. The fourth-order valence-corrected chi connectivity index (χ4v) is 4.13. The van der Waals surface area contributed by atoms with E-state index in [1.807, 2.05) is 38.1 Å². The maximum Gasteiger partial charge on any atom is 0.416 e. The first-order valence-corrected chi connectivity index (χ1v) is 11.4. The van der Waals surface area contributed by atoms with Crippen molar-refractivity contribution in [2.24, 2.45) is 0 Å². The van der Waals surface area contributed by atoms with Crippen LogP contribution in [0, 0.1) is 0 Å². The normalized spacial score (nSPS) is 21.4. The van der Waals surface area contributed by atoms with Gasteiger partial charge in [-0.15, -0.1) is 0 Å². The van der Waals surface area contributed by atoms with Gasteiger partial charge in [-0.3, -0.25) is 4.90 Å². The Bertz CT molecular complexity index is 1040. The summed E-state index contributed by atoms with van der Waals surface area (Å²) < 4.78 is 39.0. The zero-order valence-electron chi connectivity index (χ0n) is 19.8. The summed E-state index contributed by atoms with van der Waals surface area (Å²) in [6.45, 7) is 6.19. The molecule has 0 spiro atoms. The van der Waals surface area contributed by atoms with Crippen LogP contribution in [-0.2, 0) is 6.54 Å². The van der Waals surface area contributed by atoms with Gasteiger partial charge >= 0.3 is 6.18 Å². The number of allylic oxidation sites excluding steroid dienone is 2. The van der Waals surface area contributed by atoms with Crippen molar-refractivity contribution in [1.82, 2.24) is 14.9 Å². The number of hydrogen-bond donors (Lipinski definition) is 1. The molecule has 0 saturated carbocycles. The van der Waals surface area contributed by atoms with Crippen LogP contribution < -0.4 is 15.1 Å². The van der Waals surface area contributed by atoms with E-state index in [1.165, 1.54) is 11.6 Å². The van der Waals surface area contributed by atoms with Gasteiger partial charge in [0.25, 0.3) is 0 Å². The summed E-state index contributed by atoms with van der Waals surface area (Å²) >= 11 is 0. The Balaban J connectivity index is 1.46. The summed E-state index contributed by atoms with van der Waals surface area (Å²) in [5.41, 5.74) is 0.0144. The summed E-state index contributed by atoms with van der Waals surface area (Å²) in [6.07, 6.45) is -0.186. The van der Waals surface area contributed by atoms with Crippen molar-refractivity contribution in [1.29, 1.82) is 0 Å².